The number of ether oxygens (including phenoxy) is 2. The van der Waals surface area contributed by atoms with Crippen LogP contribution in [0.25, 0.3) is 0 Å². The fourth-order valence-electron chi connectivity index (χ4n) is 1.99. The van der Waals surface area contributed by atoms with E-state index in [1.54, 1.807) is 14.2 Å². The van der Waals surface area contributed by atoms with Gasteiger partial charge in [-0.25, -0.2) is 0 Å². The summed E-state index contributed by atoms with van der Waals surface area (Å²) in [6.07, 6.45) is 0.831. The van der Waals surface area contributed by atoms with E-state index >= 15 is 0 Å². The molecule has 1 unspecified atom stereocenters. The van der Waals surface area contributed by atoms with E-state index in [-0.39, 0.29) is 6.61 Å². The molecule has 19 heavy (non-hydrogen) atoms. The molecule has 0 amide bonds. The molecular formula is C15H25NO3. The van der Waals surface area contributed by atoms with Crippen LogP contribution in [-0.2, 0) is 6.54 Å². The van der Waals surface area contributed by atoms with Crippen molar-refractivity contribution < 1.29 is 14.6 Å². The van der Waals surface area contributed by atoms with Crippen LogP contribution in [0.15, 0.2) is 12.1 Å². The van der Waals surface area contributed by atoms with E-state index in [0.29, 0.717) is 5.92 Å². The van der Waals surface area contributed by atoms with Gasteiger partial charge >= 0.3 is 0 Å². The highest BCUT2D eigenvalue weighted by Crippen LogP contribution is 2.30. The Morgan fingerprint density at radius 3 is 2.42 bits per heavy atom. The van der Waals surface area contributed by atoms with Crippen LogP contribution in [0, 0.1) is 12.8 Å². The second kappa shape index (κ2) is 8.02. The molecule has 0 heterocycles. The van der Waals surface area contributed by atoms with Gasteiger partial charge < -0.3 is 19.9 Å². The molecule has 0 saturated heterocycles. The molecule has 0 fully saturated rings. The van der Waals surface area contributed by atoms with Gasteiger partial charge in [0.15, 0.2) is 11.5 Å². The summed E-state index contributed by atoms with van der Waals surface area (Å²) >= 11 is 0. The monoisotopic (exact) mass is 267 g/mol. The van der Waals surface area contributed by atoms with Crippen LogP contribution in [0.4, 0.5) is 0 Å². The van der Waals surface area contributed by atoms with Crippen LogP contribution in [-0.4, -0.2) is 32.5 Å². The van der Waals surface area contributed by atoms with Gasteiger partial charge in [0, 0.05) is 13.2 Å². The number of rotatable bonds is 8. The Morgan fingerprint density at radius 2 is 1.84 bits per heavy atom. The van der Waals surface area contributed by atoms with Crippen molar-refractivity contribution in [2.75, 3.05) is 27.4 Å². The van der Waals surface area contributed by atoms with Gasteiger partial charge in [0.05, 0.1) is 14.2 Å². The number of hydrogen-bond acceptors (Lipinski definition) is 4. The van der Waals surface area contributed by atoms with Crippen LogP contribution < -0.4 is 14.8 Å². The van der Waals surface area contributed by atoms with Crippen LogP contribution in [0.1, 0.15) is 24.5 Å². The Balaban J connectivity index is 2.63. The molecule has 2 N–H and O–H groups in total. The van der Waals surface area contributed by atoms with E-state index < -0.39 is 0 Å². The largest absolute Gasteiger partial charge is 0.493 e. The van der Waals surface area contributed by atoms with E-state index in [9.17, 15) is 0 Å². The van der Waals surface area contributed by atoms with Gasteiger partial charge in [-0.3, -0.25) is 0 Å². The normalized spacial score (nSPS) is 12.3. The average molecular weight is 267 g/mol. The highest BCUT2D eigenvalue weighted by atomic mass is 16.5. The standard InChI is InChI=1S/C15H25NO3/c1-11(5-6-17)9-16-10-13-8-15(19-4)14(18-3)7-12(13)2/h7-8,11,16-17H,5-6,9-10H2,1-4H3. The quantitative estimate of drug-likeness (QED) is 0.757. The van der Waals surface area contributed by atoms with Gasteiger partial charge in [-0.15, -0.1) is 0 Å². The number of methoxy groups -OCH3 is 2. The van der Waals surface area contributed by atoms with Gasteiger partial charge in [-0.2, -0.15) is 0 Å². The van der Waals surface area contributed by atoms with E-state index in [1.165, 1.54) is 11.1 Å². The minimum Gasteiger partial charge on any atom is -0.493 e. The summed E-state index contributed by atoms with van der Waals surface area (Å²) in [5.74, 6) is 2.00. The molecule has 1 rings (SSSR count). The molecule has 0 aromatic heterocycles. The van der Waals surface area contributed by atoms with Crippen molar-refractivity contribution in [1.82, 2.24) is 5.32 Å². The predicted molar refractivity (Wildman–Crippen MR) is 76.9 cm³/mol. The molecule has 108 valence electrons. The maximum absolute atomic E-state index is 8.86. The van der Waals surface area contributed by atoms with Crippen molar-refractivity contribution in [2.45, 2.75) is 26.8 Å². The summed E-state index contributed by atoms with van der Waals surface area (Å²) in [5.41, 5.74) is 2.38. The zero-order valence-electron chi connectivity index (χ0n) is 12.3. The van der Waals surface area contributed by atoms with Crippen LogP contribution in [0.2, 0.25) is 0 Å². The van der Waals surface area contributed by atoms with Gasteiger partial charge in [0.25, 0.3) is 0 Å². The highest BCUT2D eigenvalue weighted by molar-refractivity contribution is 5.46. The Labute approximate surface area is 115 Å². The third kappa shape index (κ3) is 4.73. The van der Waals surface area contributed by atoms with Gasteiger partial charge in [0.2, 0.25) is 0 Å². The van der Waals surface area contributed by atoms with E-state index in [0.717, 1.165) is 31.0 Å². The minimum absolute atomic E-state index is 0.248. The second-order valence-corrected chi connectivity index (χ2v) is 4.88. The van der Waals surface area contributed by atoms with Gasteiger partial charge in [-0.1, -0.05) is 6.92 Å². The predicted octanol–water partition coefficient (Wildman–Crippen LogP) is 2.12. The SMILES string of the molecule is COc1cc(C)c(CNCC(C)CCO)cc1OC. The van der Waals surface area contributed by atoms with Crippen LogP contribution in [0.3, 0.4) is 0 Å². The van der Waals surface area contributed by atoms with Crippen molar-refractivity contribution in [3.05, 3.63) is 23.3 Å². The van der Waals surface area contributed by atoms with Gasteiger partial charge in [0.1, 0.15) is 0 Å². The third-order valence-corrected chi connectivity index (χ3v) is 3.27. The minimum atomic E-state index is 0.248. The lowest BCUT2D eigenvalue weighted by Crippen LogP contribution is -2.21. The second-order valence-electron chi connectivity index (χ2n) is 4.88. The number of benzene rings is 1. The molecule has 0 spiro atoms. The first kappa shape index (κ1) is 15.8. The van der Waals surface area contributed by atoms with Crippen molar-refractivity contribution >= 4 is 0 Å². The van der Waals surface area contributed by atoms with Crippen LogP contribution >= 0.6 is 0 Å². The molecule has 1 aromatic rings. The average Bonchev–Trinajstić information content (AvgIpc) is 2.40. The number of hydrogen-bond donors (Lipinski definition) is 2. The lowest BCUT2D eigenvalue weighted by atomic mass is 10.1. The zero-order valence-corrected chi connectivity index (χ0v) is 12.3. The molecule has 1 aromatic carbocycles. The summed E-state index contributed by atoms with van der Waals surface area (Å²) in [6.45, 7) is 6.13. The zero-order chi connectivity index (χ0) is 14.3. The van der Waals surface area contributed by atoms with Crippen molar-refractivity contribution in [3.63, 3.8) is 0 Å². The molecule has 0 aliphatic heterocycles. The molecule has 4 heteroatoms. The van der Waals surface area contributed by atoms with Crippen molar-refractivity contribution in [1.29, 1.82) is 0 Å². The highest BCUT2D eigenvalue weighted by Gasteiger charge is 2.08. The van der Waals surface area contributed by atoms with E-state index in [1.807, 2.05) is 12.1 Å². The molecule has 4 nitrogen and oxygen atoms in total. The first-order valence-corrected chi connectivity index (χ1v) is 6.65. The molecule has 0 radical (unpaired) electrons. The Bertz CT molecular complexity index is 393. The Kier molecular flexibility index (Phi) is 6.67. The number of nitrogens with one attached hydrogen (secondary N) is 1. The Hall–Kier alpha value is -1.26. The maximum Gasteiger partial charge on any atom is 0.161 e. The third-order valence-electron chi connectivity index (χ3n) is 3.27. The first-order chi connectivity index (χ1) is 9.12. The van der Waals surface area contributed by atoms with E-state index in [2.05, 4.69) is 19.2 Å². The topological polar surface area (TPSA) is 50.7 Å². The van der Waals surface area contributed by atoms with Crippen molar-refractivity contribution in [3.8, 4) is 11.5 Å². The summed E-state index contributed by atoms with van der Waals surface area (Å²) < 4.78 is 10.6. The number of aliphatic hydroxyl groups excluding tert-OH is 1. The molecule has 0 bridgehead atoms. The summed E-state index contributed by atoms with van der Waals surface area (Å²) in [6, 6.07) is 4.00. The summed E-state index contributed by atoms with van der Waals surface area (Å²) in [4.78, 5) is 0. The molecule has 0 aliphatic rings. The lowest BCUT2D eigenvalue weighted by Gasteiger charge is -2.15. The fraction of sp³-hybridized carbons (Fsp3) is 0.600. The number of aryl methyl sites for hydroxylation is 1. The smallest absolute Gasteiger partial charge is 0.161 e. The fourth-order valence-corrected chi connectivity index (χ4v) is 1.99. The Morgan fingerprint density at radius 1 is 1.21 bits per heavy atom. The van der Waals surface area contributed by atoms with Gasteiger partial charge in [-0.05, 0) is 49.1 Å². The molecule has 0 saturated carbocycles. The van der Waals surface area contributed by atoms with Crippen LogP contribution in [0.5, 0.6) is 11.5 Å². The van der Waals surface area contributed by atoms with E-state index in [4.69, 9.17) is 14.6 Å². The molecule has 0 aliphatic carbocycles. The lowest BCUT2D eigenvalue weighted by molar-refractivity contribution is 0.260. The number of aliphatic hydroxyl groups is 1. The molecular weight excluding hydrogens is 242 g/mol. The summed E-state index contributed by atoms with van der Waals surface area (Å²) in [7, 11) is 3.29. The van der Waals surface area contributed by atoms with Crippen molar-refractivity contribution in [2.24, 2.45) is 5.92 Å². The first-order valence-electron chi connectivity index (χ1n) is 6.65. The molecule has 1 atom stereocenters. The maximum atomic E-state index is 8.86. The summed E-state index contributed by atoms with van der Waals surface area (Å²) in [5, 5.41) is 12.3.